The minimum absolute atomic E-state index is 0.141. The Balaban J connectivity index is 1.94. The maximum absolute atomic E-state index is 12.2. The quantitative estimate of drug-likeness (QED) is 0.763. The van der Waals surface area contributed by atoms with Crippen molar-refractivity contribution in [3.05, 3.63) is 66.2 Å². The molecule has 0 saturated carbocycles. The van der Waals surface area contributed by atoms with Crippen LogP contribution in [0.2, 0.25) is 0 Å². The third-order valence-corrected chi connectivity index (χ3v) is 4.88. The molecule has 2 aromatic rings. The molecule has 1 atom stereocenters. The predicted molar refractivity (Wildman–Crippen MR) is 90.8 cm³/mol. The molecule has 0 aliphatic heterocycles. The lowest BCUT2D eigenvalue weighted by Crippen LogP contribution is -2.31. The standard InChI is InChI=1S/C17H20N2O4S/c18-17(20)23-15(13-14-7-3-1-4-8-14)11-12-19-24(21,22)16-9-5-2-6-10-16/h1-10,15,19H,11-13H2,(H2,18,20). The van der Waals surface area contributed by atoms with Crippen LogP contribution in [0.3, 0.4) is 0 Å². The smallest absolute Gasteiger partial charge is 0.404 e. The minimum Gasteiger partial charge on any atom is -0.446 e. The van der Waals surface area contributed by atoms with Crippen LogP contribution in [-0.2, 0) is 21.2 Å². The van der Waals surface area contributed by atoms with Crippen molar-refractivity contribution in [3.8, 4) is 0 Å². The van der Waals surface area contributed by atoms with Crippen molar-refractivity contribution < 1.29 is 17.9 Å². The molecule has 2 aromatic carbocycles. The Hall–Kier alpha value is -2.38. The summed E-state index contributed by atoms with van der Waals surface area (Å²) in [5, 5.41) is 0. The Morgan fingerprint density at radius 2 is 1.62 bits per heavy atom. The lowest BCUT2D eigenvalue weighted by molar-refractivity contribution is 0.102. The number of primary amides is 1. The molecule has 0 aliphatic carbocycles. The summed E-state index contributed by atoms with van der Waals surface area (Å²) in [5.74, 6) is 0. The van der Waals surface area contributed by atoms with E-state index in [2.05, 4.69) is 4.72 Å². The van der Waals surface area contributed by atoms with Gasteiger partial charge in [0.15, 0.2) is 0 Å². The molecule has 0 aliphatic rings. The number of carbonyl (C=O) groups excluding carboxylic acids is 1. The molecule has 0 saturated heterocycles. The maximum Gasteiger partial charge on any atom is 0.404 e. The van der Waals surface area contributed by atoms with Gasteiger partial charge in [-0.3, -0.25) is 0 Å². The van der Waals surface area contributed by atoms with Gasteiger partial charge in [0.1, 0.15) is 6.10 Å². The second kappa shape index (κ2) is 8.47. The Labute approximate surface area is 141 Å². The third-order valence-electron chi connectivity index (χ3n) is 3.40. The van der Waals surface area contributed by atoms with E-state index in [4.69, 9.17) is 10.5 Å². The number of hydrogen-bond acceptors (Lipinski definition) is 4. The molecular weight excluding hydrogens is 328 g/mol. The summed E-state index contributed by atoms with van der Waals surface area (Å²) < 4.78 is 31.9. The van der Waals surface area contributed by atoms with Crippen LogP contribution in [0.25, 0.3) is 0 Å². The molecule has 3 N–H and O–H groups in total. The zero-order valence-corrected chi connectivity index (χ0v) is 13.9. The molecule has 0 heterocycles. The molecule has 24 heavy (non-hydrogen) atoms. The van der Waals surface area contributed by atoms with Gasteiger partial charge in [-0.2, -0.15) is 0 Å². The van der Waals surface area contributed by atoms with Crippen molar-refractivity contribution in [1.29, 1.82) is 0 Å². The summed E-state index contributed by atoms with van der Waals surface area (Å²) in [6.07, 6.45) is -0.578. The van der Waals surface area contributed by atoms with Crippen LogP contribution in [0, 0.1) is 0 Å². The number of carbonyl (C=O) groups is 1. The fourth-order valence-corrected chi connectivity index (χ4v) is 3.35. The highest BCUT2D eigenvalue weighted by Crippen LogP contribution is 2.11. The number of ether oxygens (including phenoxy) is 1. The largest absolute Gasteiger partial charge is 0.446 e. The van der Waals surface area contributed by atoms with E-state index in [9.17, 15) is 13.2 Å². The second-order valence-electron chi connectivity index (χ2n) is 5.25. The summed E-state index contributed by atoms with van der Waals surface area (Å²) >= 11 is 0. The normalized spacial score (nSPS) is 12.5. The van der Waals surface area contributed by atoms with Crippen LogP contribution < -0.4 is 10.5 Å². The van der Waals surface area contributed by atoms with Crippen LogP contribution in [0.15, 0.2) is 65.6 Å². The highest BCUT2D eigenvalue weighted by molar-refractivity contribution is 7.89. The predicted octanol–water partition coefficient (Wildman–Crippen LogP) is 2.06. The van der Waals surface area contributed by atoms with Crippen LogP contribution >= 0.6 is 0 Å². The van der Waals surface area contributed by atoms with E-state index in [1.165, 1.54) is 12.1 Å². The molecule has 2 rings (SSSR count). The number of benzene rings is 2. The van der Waals surface area contributed by atoms with E-state index < -0.39 is 22.2 Å². The Kier molecular flexibility index (Phi) is 6.34. The Bertz CT molecular complexity index is 749. The highest BCUT2D eigenvalue weighted by atomic mass is 32.2. The summed E-state index contributed by atoms with van der Waals surface area (Å²) in [6, 6.07) is 17.6. The second-order valence-corrected chi connectivity index (χ2v) is 7.02. The SMILES string of the molecule is NC(=O)OC(CCNS(=O)(=O)c1ccccc1)Cc1ccccc1. The number of nitrogens with two attached hydrogens (primary N) is 1. The molecule has 0 spiro atoms. The molecule has 0 aromatic heterocycles. The van der Waals surface area contributed by atoms with Gasteiger partial charge in [0.05, 0.1) is 4.90 Å². The van der Waals surface area contributed by atoms with Crippen molar-refractivity contribution in [2.45, 2.75) is 23.8 Å². The van der Waals surface area contributed by atoms with Crippen molar-refractivity contribution in [1.82, 2.24) is 4.72 Å². The monoisotopic (exact) mass is 348 g/mol. The van der Waals surface area contributed by atoms with Gasteiger partial charge in [-0.1, -0.05) is 48.5 Å². The van der Waals surface area contributed by atoms with Gasteiger partial charge in [0, 0.05) is 13.0 Å². The number of rotatable bonds is 8. The zero-order chi connectivity index (χ0) is 17.4. The number of nitrogens with one attached hydrogen (secondary N) is 1. The van der Waals surface area contributed by atoms with Crippen LogP contribution in [0.5, 0.6) is 0 Å². The van der Waals surface area contributed by atoms with Gasteiger partial charge in [0.2, 0.25) is 10.0 Å². The fourth-order valence-electron chi connectivity index (χ4n) is 2.28. The van der Waals surface area contributed by atoms with E-state index >= 15 is 0 Å². The topological polar surface area (TPSA) is 98.5 Å². The van der Waals surface area contributed by atoms with Crippen molar-refractivity contribution >= 4 is 16.1 Å². The number of amides is 1. The van der Waals surface area contributed by atoms with Gasteiger partial charge in [-0.15, -0.1) is 0 Å². The molecule has 1 amide bonds. The molecule has 128 valence electrons. The van der Waals surface area contributed by atoms with E-state index in [0.717, 1.165) is 5.56 Å². The van der Waals surface area contributed by atoms with Crippen LogP contribution in [-0.4, -0.2) is 27.2 Å². The first-order chi connectivity index (χ1) is 11.5. The maximum atomic E-state index is 12.2. The first-order valence-electron chi connectivity index (χ1n) is 7.52. The van der Waals surface area contributed by atoms with Crippen LogP contribution in [0.1, 0.15) is 12.0 Å². The molecule has 7 heteroatoms. The Morgan fingerprint density at radius 3 is 2.21 bits per heavy atom. The zero-order valence-electron chi connectivity index (χ0n) is 13.1. The van der Waals surface area contributed by atoms with Crippen molar-refractivity contribution in [3.63, 3.8) is 0 Å². The van der Waals surface area contributed by atoms with E-state index in [1.54, 1.807) is 18.2 Å². The minimum atomic E-state index is -3.58. The van der Waals surface area contributed by atoms with Gasteiger partial charge >= 0.3 is 6.09 Å². The average Bonchev–Trinajstić information content (AvgIpc) is 2.56. The summed E-state index contributed by atoms with van der Waals surface area (Å²) in [6.45, 7) is 0.141. The molecule has 0 bridgehead atoms. The molecule has 1 unspecified atom stereocenters. The Morgan fingerprint density at radius 1 is 1.04 bits per heavy atom. The molecular formula is C17H20N2O4S. The lowest BCUT2D eigenvalue weighted by atomic mass is 10.1. The number of hydrogen-bond donors (Lipinski definition) is 2. The van der Waals surface area contributed by atoms with Gasteiger partial charge in [0.25, 0.3) is 0 Å². The van der Waals surface area contributed by atoms with Crippen molar-refractivity contribution in [2.75, 3.05) is 6.54 Å². The average molecular weight is 348 g/mol. The van der Waals surface area contributed by atoms with Gasteiger partial charge in [-0.25, -0.2) is 17.9 Å². The lowest BCUT2D eigenvalue weighted by Gasteiger charge is -2.17. The summed E-state index contributed by atoms with van der Waals surface area (Å²) in [5.41, 5.74) is 6.08. The first kappa shape index (κ1) is 18.0. The number of sulfonamides is 1. The fraction of sp³-hybridized carbons (Fsp3) is 0.235. The van der Waals surface area contributed by atoms with Gasteiger partial charge < -0.3 is 10.5 Å². The molecule has 0 fully saturated rings. The first-order valence-corrected chi connectivity index (χ1v) is 9.00. The third kappa shape index (κ3) is 5.68. The van der Waals surface area contributed by atoms with Crippen molar-refractivity contribution in [2.24, 2.45) is 5.73 Å². The molecule has 6 nitrogen and oxygen atoms in total. The van der Waals surface area contributed by atoms with E-state index in [1.807, 2.05) is 30.3 Å². The molecule has 0 radical (unpaired) electrons. The van der Waals surface area contributed by atoms with Crippen LogP contribution in [0.4, 0.5) is 4.79 Å². The summed E-state index contributed by atoms with van der Waals surface area (Å²) in [7, 11) is -3.58. The van der Waals surface area contributed by atoms with E-state index in [0.29, 0.717) is 12.8 Å². The van der Waals surface area contributed by atoms with E-state index in [-0.39, 0.29) is 11.4 Å². The summed E-state index contributed by atoms with van der Waals surface area (Å²) in [4.78, 5) is 11.2. The van der Waals surface area contributed by atoms with Gasteiger partial charge in [-0.05, 0) is 24.1 Å². The highest BCUT2D eigenvalue weighted by Gasteiger charge is 2.17.